The third-order valence-corrected chi connectivity index (χ3v) is 5.57. The van der Waals surface area contributed by atoms with Crippen molar-refractivity contribution < 1.29 is 4.79 Å². The minimum Gasteiger partial charge on any atom is -0.342 e. The van der Waals surface area contributed by atoms with Crippen molar-refractivity contribution in [1.82, 2.24) is 4.90 Å². The molecule has 0 aromatic rings. The van der Waals surface area contributed by atoms with E-state index in [-0.39, 0.29) is 23.9 Å². The number of piperidine rings is 1. The Morgan fingerprint density at radius 1 is 1.16 bits per heavy atom. The van der Waals surface area contributed by atoms with E-state index < -0.39 is 0 Å². The van der Waals surface area contributed by atoms with Crippen LogP contribution in [0, 0.1) is 23.2 Å². The van der Waals surface area contributed by atoms with Crippen LogP contribution >= 0.6 is 12.4 Å². The summed E-state index contributed by atoms with van der Waals surface area (Å²) in [6, 6.07) is 0.239. The van der Waals surface area contributed by atoms with E-state index in [0.29, 0.717) is 11.8 Å². The van der Waals surface area contributed by atoms with Crippen molar-refractivity contribution in [3.63, 3.8) is 0 Å². The Kier molecular flexibility index (Phi) is 4.18. The lowest BCUT2D eigenvalue weighted by Crippen LogP contribution is -2.54. The number of nitrogens with zero attached hydrogens (tertiary/aromatic N) is 1. The Labute approximate surface area is 122 Å². The summed E-state index contributed by atoms with van der Waals surface area (Å²) in [6.07, 6.45) is 6.21. The molecule has 2 N–H and O–H groups in total. The topological polar surface area (TPSA) is 46.3 Å². The monoisotopic (exact) mass is 286 g/mol. The Morgan fingerprint density at radius 3 is 2.26 bits per heavy atom. The highest BCUT2D eigenvalue weighted by Crippen LogP contribution is 2.56. The normalized spacial score (nSPS) is 40.1. The molecule has 110 valence electrons. The van der Waals surface area contributed by atoms with E-state index in [2.05, 4.69) is 18.7 Å². The van der Waals surface area contributed by atoms with Gasteiger partial charge in [-0.15, -0.1) is 12.4 Å². The van der Waals surface area contributed by atoms with Gasteiger partial charge < -0.3 is 10.6 Å². The number of nitrogens with two attached hydrogens (primary N) is 1. The Bertz CT molecular complexity index is 346. The van der Waals surface area contributed by atoms with Crippen molar-refractivity contribution in [2.75, 3.05) is 13.1 Å². The molecule has 1 amide bonds. The zero-order chi connectivity index (χ0) is 12.9. The molecule has 1 heterocycles. The largest absolute Gasteiger partial charge is 0.342 e. The van der Waals surface area contributed by atoms with Crippen LogP contribution in [0.2, 0.25) is 0 Å². The smallest absolute Gasteiger partial charge is 0.226 e. The molecule has 3 rings (SSSR count). The molecule has 19 heavy (non-hydrogen) atoms. The zero-order valence-corrected chi connectivity index (χ0v) is 12.9. The lowest BCUT2D eigenvalue weighted by Gasteiger charge is -2.42. The average Bonchev–Trinajstić information content (AvgIpc) is 3.06. The molecular weight excluding hydrogens is 260 g/mol. The highest BCUT2D eigenvalue weighted by atomic mass is 35.5. The first-order valence-electron chi connectivity index (χ1n) is 7.55. The van der Waals surface area contributed by atoms with E-state index in [9.17, 15) is 4.79 Å². The van der Waals surface area contributed by atoms with Crippen LogP contribution in [0.5, 0.6) is 0 Å². The van der Waals surface area contributed by atoms with Crippen LogP contribution in [-0.4, -0.2) is 29.9 Å². The SMILES string of the molecule is CC1(C)CN(C(=O)C2C3CCCCC32)CCC1N.Cl. The number of fused-ring (bicyclic) bond motifs is 1. The summed E-state index contributed by atoms with van der Waals surface area (Å²) in [5.74, 6) is 2.26. The maximum Gasteiger partial charge on any atom is 0.226 e. The number of carbonyl (C=O) groups is 1. The van der Waals surface area contributed by atoms with Crippen LogP contribution in [0.4, 0.5) is 0 Å². The number of hydrogen-bond acceptors (Lipinski definition) is 2. The molecule has 0 aromatic heterocycles. The van der Waals surface area contributed by atoms with Gasteiger partial charge in [0.2, 0.25) is 5.91 Å². The van der Waals surface area contributed by atoms with E-state index >= 15 is 0 Å². The van der Waals surface area contributed by atoms with Crippen molar-refractivity contribution in [2.45, 2.75) is 52.0 Å². The van der Waals surface area contributed by atoms with E-state index in [1.165, 1.54) is 25.7 Å². The van der Waals surface area contributed by atoms with Crippen LogP contribution in [0.15, 0.2) is 0 Å². The Balaban J connectivity index is 0.00000133. The molecule has 1 aliphatic heterocycles. The van der Waals surface area contributed by atoms with E-state index in [1.54, 1.807) is 0 Å². The van der Waals surface area contributed by atoms with E-state index in [4.69, 9.17) is 5.73 Å². The summed E-state index contributed by atoms with van der Waals surface area (Å²) in [5, 5.41) is 0. The summed E-state index contributed by atoms with van der Waals surface area (Å²) in [7, 11) is 0. The summed E-state index contributed by atoms with van der Waals surface area (Å²) in [4.78, 5) is 14.7. The fourth-order valence-electron chi connectivity index (χ4n) is 4.13. The maximum atomic E-state index is 12.6. The molecule has 3 atom stereocenters. The summed E-state index contributed by atoms with van der Waals surface area (Å²) < 4.78 is 0. The Morgan fingerprint density at radius 2 is 1.74 bits per heavy atom. The first-order chi connectivity index (χ1) is 8.50. The lowest BCUT2D eigenvalue weighted by atomic mass is 9.79. The standard InChI is InChI=1S/C15H26N2O.ClH/c1-15(2)9-17(8-7-12(15)16)14(18)13-10-5-3-4-6-11(10)13;/h10-13H,3-9,16H2,1-2H3;1H. The first-order valence-corrected chi connectivity index (χ1v) is 7.55. The number of hydrogen-bond donors (Lipinski definition) is 1. The van der Waals surface area contributed by atoms with Crippen molar-refractivity contribution in [3.8, 4) is 0 Å². The second-order valence-corrected chi connectivity index (χ2v) is 7.28. The molecule has 3 aliphatic rings. The average molecular weight is 287 g/mol. The van der Waals surface area contributed by atoms with E-state index in [1.807, 2.05) is 0 Å². The molecule has 3 fully saturated rings. The van der Waals surface area contributed by atoms with Crippen LogP contribution in [0.3, 0.4) is 0 Å². The van der Waals surface area contributed by atoms with Crippen molar-refractivity contribution in [3.05, 3.63) is 0 Å². The minimum atomic E-state index is 0. The fourth-order valence-corrected chi connectivity index (χ4v) is 4.13. The Hall–Kier alpha value is -0.280. The molecule has 0 aromatic carbocycles. The lowest BCUT2D eigenvalue weighted by molar-refractivity contribution is -0.136. The van der Waals surface area contributed by atoms with Gasteiger partial charge in [-0.25, -0.2) is 0 Å². The third kappa shape index (κ3) is 2.64. The summed E-state index contributed by atoms with van der Waals surface area (Å²) in [6.45, 7) is 6.11. The number of likely N-dealkylation sites (tertiary alicyclic amines) is 1. The van der Waals surface area contributed by atoms with Crippen molar-refractivity contribution >= 4 is 18.3 Å². The molecule has 1 saturated heterocycles. The fraction of sp³-hybridized carbons (Fsp3) is 0.933. The molecule has 0 radical (unpaired) electrons. The first kappa shape index (κ1) is 15.1. The predicted molar refractivity (Wildman–Crippen MR) is 79.1 cm³/mol. The van der Waals surface area contributed by atoms with Gasteiger partial charge in [-0.2, -0.15) is 0 Å². The number of rotatable bonds is 1. The molecule has 0 spiro atoms. The molecular formula is C15H27ClN2O. The minimum absolute atomic E-state index is 0. The van der Waals surface area contributed by atoms with Gasteiger partial charge in [0.05, 0.1) is 0 Å². The van der Waals surface area contributed by atoms with Crippen molar-refractivity contribution in [2.24, 2.45) is 28.9 Å². The van der Waals surface area contributed by atoms with Gasteiger partial charge >= 0.3 is 0 Å². The van der Waals surface area contributed by atoms with Gasteiger partial charge in [-0.05, 0) is 36.5 Å². The maximum absolute atomic E-state index is 12.6. The molecule has 3 unspecified atom stereocenters. The third-order valence-electron chi connectivity index (χ3n) is 5.57. The number of carbonyl (C=O) groups excluding carboxylic acids is 1. The van der Waals surface area contributed by atoms with Gasteiger partial charge in [-0.1, -0.05) is 26.7 Å². The van der Waals surface area contributed by atoms with Crippen LogP contribution < -0.4 is 5.73 Å². The van der Waals surface area contributed by atoms with Crippen LogP contribution in [0.25, 0.3) is 0 Å². The van der Waals surface area contributed by atoms with Gasteiger partial charge in [-0.3, -0.25) is 4.79 Å². The molecule has 0 bridgehead atoms. The van der Waals surface area contributed by atoms with Crippen molar-refractivity contribution in [1.29, 1.82) is 0 Å². The second-order valence-electron chi connectivity index (χ2n) is 7.28. The van der Waals surface area contributed by atoms with E-state index in [0.717, 1.165) is 31.3 Å². The predicted octanol–water partition coefficient (Wildman–Crippen LogP) is 2.43. The zero-order valence-electron chi connectivity index (χ0n) is 12.1. The summed E-state index contributed by atoms with van der Waals surface area (Å²) >= 11 is 0. The highest BCUT2D eigenvalue weighted by Gasteiger charge is 2.56. The molecule has 4 heteroatoms. The van der Waals surface area contributed by atoms with Crippen LogP contribution in [-0.2, 0) is 4.79 Å². The molecule has 3 nitrogen and oxygen atoms in total. The summed E-state index contributed by atoms with van der Waals surface area (Å²) in [5.41, 5.74) is 6.22. The molecule has 2 aliphatic carbocycles. The highest BCUT2D eigenvalue weighted by molar-refractivity contribution is 5.85. The van der Waals surface area contributed by atoms with Gasteiger partial charge in [0.25, 0.3) is 0 Å². The van der Waals surface area contributed by atoms with Crippen LogP contribution in [0.1, 0.15) is 46.0 Å². The van der Waals surface area contributed by atoms with Gasteiger partial charge in [0.15, 0.2) is 0 Å². The molecule has 2 saturated carbocycles. The number of amides is 1. The van der Waals surface area contributed by atoms with Gasteiger partial charge in [0.1, 0.15) is 0 Å². The number of halogens is 1. The van der Waals surface area contributed by atoms with Gasteiger partial charge in [0, 0.05) is 25.0 Å². The second kappa shape index (κ2) is 5.25. The quantitative estimate of drug-likeness (QED) is 0.805.